The molecule has 0 saturated carbocycles. The Bertz CT molecular complexity index is 43.1. The molecule has 0 bridgehead atoms. The van der Waals surface area contributed by atoms with Gasteiger partial charge in [0.05, 0.1) is 0 Å². The smallest absolute Gasteiger partial charge is 1.00 e. The second-order valence-corrected chi connectivity index (χ2v) is 0.250. The Kier molecular flexibility index (Phi) is 248. The van der Waals surface area contributed by atoms with Gasteiger partial charge in [0.1, 0.15) is 0 Å². The quantitative estimate of drug-likeness (QED) is 0.368. The predicted octanol–water partition coefficient (Wildman–Crippen LogP) is -2.58. The molecule has 7 heavy (non-hydrogen) atoms. The molecular weight excluding hydrogens is 156 g/mol. The summed E-state index contributed by atoms with van der Waals surface area (Å²) in [6, 6.07) is 0. The van der Waals surface area contributed by atoms with Crippen LogP contribution in [0.1, 0.15) is 5.71 Å². The topological polar surface area (TPSA) is 97.1 Å². The van der Waals surface area contributed by atoms with E-state index < -0.39 is 9.29 Å². The first kappa shape index (κ1) is 37.3. The summed E-state index contributed by atoms with van der Waals surface area (Å²) in [7, 11) is -1.42. The van der Waals surface area contributed by atoms with E-state index >= 15 is 0 Å². The third-order valence-corrected chi connectivity index (χ3v) is 0. The van der Waals surface area contributed by atoms with E-state index in [1.54, 1.807) is 0 Å². The van der Waals surface area contributed by atoms with E-state index in [0.29, 0.717) is 0 Å². The summed E-state index contributed by atoms with van der Waals surface area (Å²) in [5, 5.41) is 0. The molecule has 0 aromatic heterocycles. The standard InChI is InChI=1S/Ca.Mg.O2Si.2H2O.4H/c;;1-3-2;;;;;;/h;;;2*1H2;;;;/q2*+2;;;;4*-1. The maximum atomic E-state index is 8.40. The van der Waals surface area contributed by atoms with Crippen molar-refractivity contribution in [2.24, 2.45) is 0 Å². The van der Waals surface area contributed by atoms with Gasteiger partial charge in [-0.15, -0.1) is 0 Å². The zero-order chi connectivity index (χ0) is 2.71. The number of rotatable bonds is 0. The molecule has 0 aromatic carbocycles. The summed E-state index contributed by atoms with van der Waals surface area (Å²) in [4.78, 5) is 0. The van der Waals surface area contributed by atoms with Gasteiger partial charge in [0, 0.05) is 0 Å². The molecule has 0 amide bonds. The average molecular weight is 165 g/mol. The molecule has 0 unspecified atom stereocenters. The molecule has 0 atom stereocenters. The first-order valence-corrected chi connectivity index (χ1v) is 1.22. The van der Waals surface area contributed by atoms with Gasteiger partial charge in [0.2, 0.25) is 0 Å². The summed E-state index contributed by atoms with van der Waals surface area (Å²) < 4.78 is 16.8. The van der Waals surface area contributed by atoms with Crippen LogP contribution in [0.25, 0.3) is 0 Å². The van der Waals surface area contributed by atoms with Crippen molar-refractivity contribution in [3.8, 4) is 0 Å². The molecule has 7 heteroatoms. The Morgan fingerprint density at radius 2 is 1.14 bits per heavy atom. The normalized spacial score (nSPS) is 1.14. The van der Waals surface area contributed by atoms with Crippen molar-refractivity contribution in [3.63, 3.8) is 0 Å². The van der Waals surface area contributed by atoms with Gasteiger partial charge in [-0.1, -0.05) is 0 Å². The Balaban J connectivity index is -0.000000000714. The molecule has 4 nitrogen and oxygen atoms in total. The Morgan fingerprint density at radius 1 is 1.14 bits per heavy atom. The third-order valence-electron chi connectivity index (χ3n) is 0. The molecule has 0 aliphatic carbocycles. The molecule has 0 aliphatic rings. The van der Waals surface area contributed by atoms with Crippen molar-refractivity contribution in [2.75, 3.05) is 0 Å². The van der Waals surface area contributed by atoms with Crippen LogP contribution in [0.15, 0.2) is 0 Å². The fraction of sp³-hybridized carbons (Fsp3) is 0. The van der Waals surface area contributed by atoms with Crippen LogP contribution >= 0.6 is 0 Å². The molecule has 0 saturated heterocycles. The van der Waals surface area contributed by atoms with Crippen molar-refractivity contribution in [2.45, 2.75) is 0 Å². The molecule has 0 rings (SSSR count). The average Bonchev–Trinajstić information content (AvgIpc) is 0.918. The third kappa shape index (κ3) is 83.0. The van der Waals surface area contributed by atoms with Crippen LogP contribution in [0, 0.1) is 0 Å². The first-order valence-electron chi connectivity index (χ1n) is 0.408. The molecule has 0 spiro atoms. The molecule has 40 valence electrons. The molecule has 4 N–H and O–H groups in total. The van der Waals surface area contributed by atoms with E-state index in [1.165, 1.54) is 0 Å². The van der Waals surface area contributed by atoms with Crippen molar-refractivity contribution >= 4 is 70.1 Å². The first-order chi connectivity index (χ1) is 1.41. The molecular formula is H8CaMgO4Si. The molecule has 0 aliphatic heterocycles. The van der Waals surface area contributed by atoms with Crippen molar-refractivity contribution < 1.29 is 25.6 Å². The minimum absolute atomic E-state index is 0. The summed E-state index contributed by atoms with van der Waals surface area (Å²) in [6.45, 7) is 0. The van der Waals surface area contributed by atoms with Gasteiger partial charge in [0.15, 0.2) is 0 Å². The second kappa shape index (κ2) is 46.5. The summed E-state index contributed by atoms with van der Waals surface area (Å²) in [5.41, 5.74) is 0. The van der Waals surface area contributed by atoms with E-state index in [-0.39, 0.29) is 77.4 Å². The van der Waals surface area contributed by atoms with E-state index in [0.717, 1.165) is 0 Å². The van der Waals surface area contributed by atoms with E-state index in [4.69, 9.17) is 8.92 Å². The largest absolute Gasteiger partial charge is 2.00 e. The van der Waals surface area contributed by atoms with E-state index in [2.05, 4.69) is 0 Å². The fourth-order valence-electron chi connectivity index (χ4n) is 0. The van der Waals surface area contributed by atoms with Gasteiger partial charge in [-0.2, -0.15) is 0 Å². The summed E-state index contributed by atoms with van der Waals surface area (Å²) in [5.74, 6) is 0. The minimum atomic E-state index is -1.42. The zero-order valence-corrected chi connectivity index (χ0v) is 8.35. The van der Waals surface area contributed by atoms with Crippen LogP contribution in [-0.2, 0) is 8.92 Å². The van der Waals surface area contributed by atoms with E-state index in [1.807, 2.05) is 0 Å². The van der Waals surface area contributed by atoms with E-state index in [9.17, 15) is 0 Å². The monoisotopic (exact) mass is 164 g/mol. The van der Waals surface area contributed by atoms with Crippen LogP contribution in [0.2, 0.25) is 0 Å². The van der Waals surface area contributed by atoms with Gasteiger partial charge >= 0.3 is 70.1 Å². The Morgan fingerprint density at radius 3 is 1.14 bits per heavy atom. The van der Waals surface area contributed by atoms with Crippen molar-refractivity contribution in [1.82, 2.24) is 0 Å². The fourth-order valence-corrected chi connectivity index (χ4v) is 0. The van der Waals surface area contributed by atoms with Gasteiger partial charge in [0.25, 0.3) is 0 Å². The van der Waals surface area contributed by atoms with Crippen LogP contribution in [0.4, 0.5) is 0 Å². The number of hydrogen-bond acceptors (Lipinski definition) is 2. The van der Waals surface area contributed by atoms with Crippen LogP contribution in [0.3, 0.4) is 0 Å². The van der Waals surface area contributed by atoms with Crippen LogP contribution in [0.5, 0.6) is 0 Å². The molecule has 0 aromatic rings. The molecule has 0 fully saturated rings. The maximum Gasteiger partial charge on any atom is 2.00 e. The van der Waals surface area contributed by atoms with Gasteiger partial charge in [-0.05, 0) is 0 Å². The summed E-state index contributed by atoms with van der Waals surface area (Å²) in [6.07, 6.45) is 0. The molecule has 0 radical (unpaired) electrons. The van der Waals surface area contributed by atoms with Gasteiger partial charge in [-0.25, -0.2) is 0 Å². The predicted molar refractivity (Wildman–Crippen MR) is 30.3 cm³/mol. The second-order valence-electron chi connectivity index (χ2n) is 0.0833. The zero-order valence-electron chi connectivity index (χ0n) is 7.73. The van der Waals surface area contributed by atoms with Crippen LogP contribution in [-0.4, -0.2) is 81.0 Å². The summed E-state index contributed by atoms with van der Waals surface area (Å²) >= 11 is 0. The van der Waals surface area contributed by atoms with Gasteiger partial charge in [-0.3, -0.25) is 8.92 Å². The van der Waals surface area contributed by atoms with Crippen molar-refractivity contribution in [1.29, 1.82) is 0 Å². The maximum absolute atomic E-state index is 8.40. The minimum Gasteiger partial charge on any atom is -1.00 e. The van der Waals surface area contributed by atoms with Gasteiger partial charge < -0.3 is 16.7 Å². The number of hydrogen-bond donors (Lipinski definition) is 0. The van der Waals surface area contributed by atoms with Crippen LogP contribution < -0.4 is 0 Å². The molecule has 0 heterocycles. The Labute approximate surface area is 94.7 Å². The SMILES string of the molecule is O.O.O=[Si]=O.[Ca+2].[H-].[H-].[H-].[H-].[Mg+2]. The Hall–Kier alpha value is 1.76. The van der Waals surface area contributed by atoms with Crippen molar-refractivity contribution in [3.05, 3.63) is 0 Å².